The number of anilines is 1. The first-order valence-electron chi connectivity index (χ1n) is 8.66. The lowest BCUT2D eigenvalue weighted by molar-refractivity contribution is -0.117. The van der Waals surface area contributed by atoms with Gasteiger partial charge in [-0.25, -0.2) is 9.97 Å². The third kappa shape index (κ3) is 3.50. The Morgan fingerprint density at radius 3 is 3.20 bits per heavy atom. The Kier molecular flexibility index (Phi) is 4.63. The molecule has 0 saturated heterocycles. The van der Waals surface area contributed by atoms with Crippen molar-refractivity contribution < 1.29 is 4.79 Å². The van der Waals surface area contributed by atoms with Gasteiger partial charge < -0.3 is 20.9 Å². The number of rotatable bonds is 3. The number of aromatic amines is 1. The van der Waals surface area contributed by atoms with Gasteiger partial charge in [0.25, 0.3) is 5.91 Å². The molecule has 4 N–H and O–H groups in total. The molecule has 0 spiro atoms. The molecule has 2 aliphatic rings. The minimum Gasteiger partial charge on any atom is -0.349 e. The van der Waals surface area contributed by atoms with Gasteiger partial charge in [0.15, 0.2) is 0 Å². The number of thioether (sulfide) groups is 1. The van der Waals surface area contributed by atoms with Crippen molar-refractivity contribution in [3.05, 3.63) is 29.7 Å². The van der Waals surface area contributed by atoms with E-state index in [2.05, 4.69) is 20.3 Å². The van der Waals surface area contributed by atoms with E-state index in [1.165, 1.54) is 0 Å². The highest BCUT2D eigenvalue weighted by Crippen LogP contribution is 2.29. The summed E-state index contributed by atoms with van der Waals surface area (Å²) in [6.07, 6.45) is 9.31. The second-order valence-electron chi connectivity index (χ2n) is 6.57. The molecule has 0 unspecified atom stereocenters. The Bertz CT molecular complexity index is 803. The van der Waals surface area contributed by atoms with Gasteiger partial charge in [0.1, 0.15) is 17.8 Å². The minimum atomic E-state index is -0.00633. The van der Waals surface area contributed by atoms with E-state index in [0.29, 0.717) is 0 Å². The number of hydrogen-bond acceptors (Lipinski definition) is 6. The van der Waals surface area contributed by atoms with E-state index in [4.69, 9.17) is 5.73 Å². The van der Waals surface area contributed by atoms with E-state index in [9.17, 15) is 4.79 Å². The highest BCUT2D eigenvalue weighted by atomic mass is 32.2. The first kappa shape index (κ1) is 16.4. The summed E-state index contributed by atoms with van der Waals surface area (Å²) in [6.45, 7) is 0.813. The summed E-state index contributed by atoms with van der Waals surface area (Å²) in [6, 6.07) is 2.35. The van der Waals surface area contributed by atoms with Crippen LogP contribution in [0, 0.1) is 0 Å². The van der Waals surface area contributed by atoms with E-state index in [-0.39, 0.29) is 18.0 Å². The van der Waals surface area contributed by atoms with Crippen molar-refractivity contribution in [2.75, 3.05) is 17.2 Å². The van der Waals surface area contributed by atoms with Crippen molar-refractivity contribution in [3.8, 4) is 0 Å². The van der Waals surface area contributed by atoms with Gasteiger partial charge >= 0.3 is 0 Å². The molecule has 2 atom stereocenters. The zero-order valence-electron chi connectivity index (χ0n) is 13.9. The standard InChI is InChI=1S/C17H22N6OS/c18-11-2-1-3-12(8-11)22-17(24)14-9-23(6-7-25-14)16-13-4-5-19-15(13)20-10-21-16/h4-5,9-12H,1-3,6-8,18H2,(H,22,24)(H,19,20,21)/t11-,12+/m1/s1. The number of nitrogens with zero attached hydrogens (tertiary/aromatic N) is 3. The Balaban J connectivity index is 1.52. The molecule has 1 fully saturated rings. The van der Waals surface area contributed by atoms with Gasteiger partial charge in [-0.3, -0.25) is 4.79 Å². The molecule has 4 rings (SSSR count). The fraction of sp³-hybridized carbons (Fsp3) is 0.471. The smallest absolute Gasteiger partial charge is 0.259 e. The SMILES string of the molecule is N[C@@H]1CCC[C@H](NC(=O)C2=CN(c3ncnc4[nH]ccc34)CCS2)C1. The molecular formula is C17H22N6OS. The van der Waals surface area contributed by atoms with Gasteiger partial charge in [0.05, 0.1) is 10.3 Å². The van der Waals surface area contributed by atoms with Crippen LogP contribution in [0.2, 0.25) is 0 Å². The maximum atomic E-state index is 12.7. The highest BCUT2D eigenvalue weighted by molar-refractivity contribution is 8.04. The van der Waals surface area contributed by atoms with Crippen LogP contribution in [0.5, 0.6) is 0 Å². The van der Waals surface area contributed by atoms with E-state index in [0.717, 1.165) is 59.7 Å². The summed E-state index contributed by atoms with van der Waals surface area (Å²) >= 11 is 1.59. The lowest BCUT2D eigenvalue weighted by Gasteiger charge is -2.29. The van der Waals surface area contributed by atoms with Crippen molar-refractivity contribution in [1.82, 2.24) is 20.3 Å². The van der Waals surface area contributed by atoms with Gasteiger partial charge in [0.2, 0.25) is 0 Å². The number of nitrogens with one attached hydrogen (secondary N) is 2. The molecule has 2 aromatic rings. The molecule has 1 saturated carbocycles. The molecule has 0 aromatic carbocycles. The molecule has 8 heteroatoms. The largest absolute Gasteiger partial charge is 0.349 e. The molecular weight excluding hydrogens is 336 g/mol. The van der Waals surface area contributed by atoms with Gasteiger partial charge in [-0.05, 0) is 31.7 Å². The molecule has 1 aliphatic heterocycles. The van der Waals surface area contributed by atoms with Crippen molar-refractivity contribution in [1.29, 1.82) is 0 Å². The van der Waals surface area contributed by atoms with Crippen LogP contribution in [0.15, 0.2) is 29.7 Å². The van der Waals surface area contributed by atoms with Crippen LogP contribution < -0.4 is 16.0 Å². The molecule has 7 nitrogen and oxygen atoms in total. The second kappa shape index (κ2) is 7.05. The third-order valence-corrected chi connectivity index (χ3v) is 5.73. The van der Waals surface area contributed by atoms with Crippen LogP contribution in [0.3, 0.4) is 0 Å². The first-order chi connectivity index (χ1) is 12.2. The Labute approximate surface area is 150 Å². The third-order valence-electron chi connectivity index (χ3n) is 4.74. The Hall–Kier alpha value is -2.06. The topological polar surface area (TPSA) is 99.9 Å². The van der Waals surface area contributed by atoms with Crippen LogP contribution in [0.4, 0.5) is 5.82 Å². The van der Waals surface area contributed by atoms with Crippen molar-refractivity contribution in [3.63, 3.8) is 0 Å². The number of H-pyrrole nitrogens is 1. The van der Waals surface area contributed by atoms with E-state index in [1.54, 1.807) is 18.1 Å². The number of fused-ring (bicyclic) bond motifs is 1. The molecule has 0 radical (unpaired) electrons. The Morgan fingerprint density at radius 1 is 1.40 bits per heavy atom. The highest BCUT2D eigenvalue weighted by Gasteiger charge is 2.25. The maximum absolute atomic E-state index is 12.7. The monoisotopic (exact) mass is 358 g/mol. The van der Waals surface area contributed by atoms with Gasteiger partial charge in [-0.15, -0.1) is 11.8 Å². The van der Waals surface area contributed by atoms with Crippen molar-refractivity contribution in [2.45, 2.75) is 37.8 Å². The van der Waals surface area contributed by atoms with Crippen LogP contribution in [-0.4, -0.2) is 45.2 Å². The summed E-state index contributed by atoms with van der Waals surface area (Å²) in [5.74, 6) is 1.67. The predicted octanol–water partition coefficient (Wildman–Crippen LogP) is 1.74. The van der Waals surface area contributed by atoms with Gasteiger partial charge in [0, 0.05) is 36.8 Å². The lowest BCUT2D eigenvalue weighted by Crippen LogP contribution is -2.43. The molecule has 132 valence electrons. The number of carbonyl (C=O) groups is 1. The van der Waals surface area contributed by atoms with Gasteiger partial charge in [-0.1, -0.05) is 0 Å². The Morgan fingerprint density at radius 2 is 2.32 bits per heavy atom. The number of nitrogens with two attached hydrogens (primary N) is 1. The fourth-order valence-electron chi connectivity index (χ4n) is 3.49. The van der Waals surface area contributed by atoms with Crippen molar-refractivity contribution >= 4 is 34.5 Å². The fourth-order valence-corrected chi connectivity index (χ4v) is 4.39. The number of aromatic nitrogens is 3. The zero-order chi connectivity index (χ0) is 17.2. The summed E-state index contributed by atoms with van der Waals surface area (Å²) < 4.78 is 0. The number of amides is 1. The van der Waals surface area contributed by atoms with Crippen LogP contribution in [-0.2, 0) is 4.79 Å². The zero-order valence-corrected chi connectivity index (χ0v) is 14.8. The molecule has 1 aliphatic carbocycles. The van der Waals surface area contributed by atoms with Crippen LogP contribution in [0.1, 0.15) is 25.7 Å². The van der Waals surface area contributed by atoms with E-state index in [1.807, 2.05) is 23.4 Å². The van der Waals surface area contributed by atoms with Gasteiger partial charge in [-0.2, -0.15) is 0 Å². The van der Waals surface area contributed by atoms with Crippen LogP contribution >= 0.6 is 11.8 Å². The summed E-state index contributed by atoms with van der Waals surface area (Å²) in [7, 11) is 0. The van der Waals surface area contributed by atoms with Crippen LogP contribution in [0.25, 0.3) is 11.0 Å². The minimum absolute atomic E-state index is 0.00633. The number of carbonyl (C=O) groups excluding carboxylic acids is 1. The normalized spacial score (nSPS) is 24.2. The summed E-state index contributed by atoms with van der Waals surface area (Å²) in [5, 5.41) is 4.11. The molecule has 2 aromatic heterocycles. The van der Waals surface area contributed by atoms with E-state index >= 15 is 0 Å². The lowest BCUT2D eigenvalue weighted by atomic mass is 9.91. The molecule has 25 heavy (non-hydrogen) atoms. The average Bonchev–Trinajstić information content (AvgIpc) is 3.10. The number of hydrogen-bond donors (Lipinski definition) is 3. The molecule has 1 amide bonds. The summed E-state index contributed by atoms with van der Waals surface area (Å²) in [4.78, 5) is 27.2. The van der Waals surface area contributed by atoms with Crippen molar-refractivity contribution in [2.24, 2.45) is 5.73 Å². The van der Waals surface area contributed by atoms with E-state index < -0.39 is 0 Å². The maximum Gasteiger partial charge on any atom is 0.259 e. The molecule has 3 heterocycles. The average molecular weight is 358 g/mol. The first-order valence-corrected chi connectivity index (χ1v) is 9.65. The summed E-state index contributed by atoms with van der Waals surface area (Å²) in [5.41, 5.74) is 6.83. The molecule has 0 bridgehead atoms. The predicted molar refractivity (Wildman–Crippen MR) is 100 cm³/mol. The quantitative estimate of drug-likeness (QED) is 0.773. The second-order valence-corrected chi connectivity index (χ2v) is 7.71.